The molecular formula is C17H16F2N2O3S2. The molecule has 3 rings (SSSR count). The molecular weight excluding hydrogens is 382 g/mol. The summed E-state index contributed by atoms with van der Waals surface area (Å²) >= 11 is 1.51. The van der Waals surface area contributed by atoms with Crippen LogP contribution in [0.25, 0.3) is 6.08 Å². The Morgan fingerprint density at radius 1 is 1.08 bits per heavy atom. The zero-order valence-corrected chi connectivity index (χ0v) is 15.3. The van der Waals surface area contributed by atoms with E-state index in [0.29, 0.717) is 6.07 Å². The topological polar surface area (TPSA) is 57.7 Å². The zero-order chi connectivity index (χ0) is 18.7. The van der Waals surface area contributed by atoms with E-state index in [9.17, 15) is 22.0 Å². The highest BCUT2D eigenvalue weighted by Crippen LogP contribution is 2.20. The highest BCUT2D eigenvalue weighted by Gasteiger charge is 2.30. The minimum atomic E-state index is -3.93. The van der Waals surface area contributed by atoms with Crippen molar-refractivity contribution in [3.8, 4) is 0 Å². The van der Waals surface area contributed by atoms with E-state index in [2.05, 4.69) is 0 Å². The number of carbonyl (C=O) groups is 1. The Kier molecular flexibility index (Phi) is 5.49. The smallest absolute Gasteiger partial charge is 0.246 e. The van der Waals surface area contributed by atoms with Crippen molar-refractivity contribution in [3.63, 3.8) is 0 Å². The van der Waals surface area contributed by atoms with Crippen molar-refractivity contribution < 1.29 is 22.0 Å². The first-order valence-electron chi connectivity index (χ1n) is 7.83. The first-order chi connectivity index (χ1) is 12.4. The second-order valence-electron chi connectivity index (χ2n) is 5.65. The lowest BCUT2D eigenvalue weighted by molar-refractivity contribution is -0.127. The third-order valence-corrected chi connectivity index (χ3v) is 6.74. The predicted octanol–water partition coefficient (Wildman–Crippen LogP) is 2.57. The summed E-state index contributed by atoms with van der Waals surface area (Å²) in [5.74, 6) is -2.50. The lowest BCUT2D eigenvalue weighted by atomic mass is 10.3. The van der Waals surface area contributed by atoms with E-state index < -0.39 is 21.7 Å². The van der Waals surface area contributed by atoms with Crippen LogP contribution in [0.2, 0.25) is 0 Å². The van der Waals surface area contributed by atoms with Gasteiger partial charge >= 0.3 is 0 Å². The number of piperazine rings is 1. The van der Waals surface area contributed by atoms with Crippen molar-refractivity contribution in [2.24, 2.45) is 0 Å². The Balaban J connectivity index is 1.64. The van der Waals surface area contributed by atoms with Crippen molar-refractivity contribution in [2.75, 3.05) is 26.2 Å². The number of hydrogen-bond donors (Lipinski definition) is 0. The molecule has 0 unspecified atom stereocenters. The molecule has 1 aromatic carbocycles. The van der Waals surface area contributed by atoms with Gasteiger partial charge in [0.05, 0.1) is 4.90 Å². The maximum atomic E-state index is 13.3. The minimum Gasteiger partial charge on any atom is -0.337 e. The van der Waals surface area contributed by atoms with Gasteiger partial charge in [0.15, 0.2) is 11.6 Å². The van der Waals surface area contributed by atoms with Crippen LogP contribution in [0.4, 0.5) is 8.78 Å². The molecule has 9 heteroatoms. The molecule has 1 aliphatic heterocycles. The molecule has 26 heavy (non-hydrogen) atoms. The summed E-state index contributed by atoms with van der Waals surface area (Å²) in [6.07, 6.45) is 3.18. The highest BCUT2D eigenvalue weighted by atomic mass is 32.2. The Bertz CT molecular complexity index is 919. The van der Waals surface area contributed by atoms with E-state index in [0.717, 1.165) is 17.0 Å². The van der Waals surface area contributed by atoms with Crippen molar-refractivity contribution >= 4 is 33.3 Å². The Hall–Kier alpha value is -2.10. The molecule has 0 radical (unpaired) electrons. The van der Waals surface area contributed by atoms with Gasteiger partial charge < -0.3 is 4.90 Å². The van der Waals surface area contributed by atoms with E-state index >= 15 is 0 Å². The number of nitrogens with zero attached hydrogens (tertiary/aromatic N) is 2. The van der Waals surface area contributed by atoms with Crippen molar-refractivity contribution in [1.29, 1.82) is 0 Å². The molecule has 1 amide bonds. The summed E-state index contributed by atoms with van der Waals surface area (Å²) in [5.41, 5.74) is 0. The van der Waals surface area contributed by atoms with Gasteiger partial charge in [-0.3, -0.25) is 4.79 Å². The molecule has 2 heterocycles. The molecule has 1 aliphatic rings. The predicted molar refractivity (Wildman–Crippen MR) is 95.0 cm³/mol. The Morgan fingerprint density at radius 3 is 2.42 bits per heavy atom. The zero-order valence-electron chi connectivity index (χ0n) is 13.6. The number of hydrogen-bond acceptors (Lipinski definition) is 4. The van der Waals surface area contributed by atoms with Crippen LogP contribution in [0, 0.1) is 11.6 Å². The first-order valence-corrected chi connectivity index (χ1v) is 10.2. The molecule has 1 saturated heterocycles. The number of thiophene rings is 1. The fourth-order valence-electron chi connectivity index (χ4n) is 2.58. The quantitative estimate of drug-likeness (QED) is 0.744. The number of halogens is 2. The summed E-state index contributed by atoms with van der Waals surface area (Å²) in [5, 5.41) is 1.91. The van der Waals surface area contributed by atoms with Gasteiger partial charge in [-0.15, -0.1) is 11.3 Å². The maximum absolute atomic E-state index is 13.3. The van der Waals surface area contributed by atoms with E-state index in [1.165, 1.54) is 21.7 Å². The Morgan fingerprint density at radius 2 is 1.81 bits per heavy atom. The van der Waals surface area contributed by atoms with Crippen LogP contribution in [0.5, 0.6) is 0 Å². The summed E-state index contributed by atoms with van der Waals surface area (Å²) in [7, 11) is -3.93. The van der Waals surface area contributed by atoms with E-state index in [1.54, 1.807) is 11.0 Å². The molecule has 0 aliphatic carbocycles. The van der Waals surface area contributed by atoms with E-state index in [4.69, 9.17) is 0 Å². The summed E-state index contributed by atoms with van der Waals surface area (Å²) in [6, 6.07) is 6.27. The summed E-state index contributed by atoms with van der Waals surface area (Å²) < 4.78 is 52.6. The van der Waals surface area contributed by atoms with Gasteiger partial charge in [-0.2, -0.15) is 4.31 Å². The molecule has 0 spiro atoms. The number of benzene rings is 1. The van der Waals surface area contributed by atoms with Gasteiger partial charge in [-0.1, -0.05) is 6.07 Å². The lowest BCUT2D eigenvalue weighted by Gasteiger charge is -2.33. The lowest BCUT2D eigenvalue weighted by Crippen LogP contribution is -2.50. The molecule has 0 saturated carbocycles. The third kappa shape index (κ3) is 4.00. The molecule has 0 atom stereocenters. The van der Waals surface area contributed by atoms with Crippen LogP contribution in [0.15, 0.2) is 46.7 Å². The fraction of sp³-hybridized carbons (Fsp3) is 0.235. The summed E-state index contributed by atoms with van der Waals surface area (Å²) in [6.45, 7) is 0.660. The average molecular weight is 398 g/mol. The van der Waals surface area contributed by atoms with Crippen LogP contribution >= 0.6 is 11.3 Å². The maximum Gasteiger partial charge on any atom is 0.246 e. The molecule has 0 bridgehead atoms. The van der Waals surface area contributed by atoms with Crippen LogP contribution in [-0.2, 0) is 14.8 Å². The molecule has 0 N–H and O–H groups in total. The second-order valence-corrected chi connectivity index (χ2v) is 8.57. The monoisotopic (exact) mass is 398 g/mol. The van der Waals surface area contributed by atoms with Gasteiger partial charge in [0.2, 0.25) is 15.9 Å². The minimum absolute atomic E-state index is 0.0971. The molecule has 138 valence electrons. The van der Waals surface area contributed by atoms with Gasteiger partial charge in [-0.05, 0) is 35.7 Å². The van der Waals surface area contributed by atoms with Crippen LogP contribution < -0.4 is 0 Å². The van der Waals surface area contributed by atoms with Crippen LogP contribution in [-0.4, -0.2) is 49.7 Å². The number of amides is 1. The van der Waals surface area contributed by atoms with E-state index in [-0.39, 0.29) is 37.0 Å². The molecule has 1 aromatic heterocycles. The number of sulfonamides is 1. The van der Waals surface area contributed by atoms with Crippen molar-refractivity contribution in [2.45, 2.75) is 4.90 Å². The largest absolute Gasteiger partial charge is 0.337 e. The van der Waals surface area contributed by atoms with Crippen molar-refractivity contribution in [1.82, 2.24) is 9.21 Å². The van der Waals surface area contributed by atoms with Crippen LogP contribution in [0.1, 0.15) is 4.88 Å². The number of carbonyl (C=O) groups excluding carboxylic acids is 1. The average Bonchev–Trinajstić information content (AvgIpc) is 3.15. The normalized spacial score (nSPS) is 16.3. The number of rotatable bonds is 4. The van der Waals surface area contributed by atoms with Crippen LogP contribution in [0.3, 0.4) is 0 Å². The molecule has 2 aromatic rings. The summed E-state index contributed by atoms with van der Waals surface area (Å²) in [4.78, 5) is 14.4. The Labute approximate surface area is 154 Å². The van der Waals surface area contributed by atoms with Gasteiger partial charge in [0.25, 0.3) is 0 Å². The van der Waals surface area contributed by atoms with Gasteiger partial charge in [-0.25, -0.2) is 17.2 Å². The van der Waals surface area contributed by atoms with E-state index in [1.807, 2.05) is 17.5 Å². The SMILES string of the molecule is O=C(C=Cc1cccs1)N1CCN(S(=O)(=O)c2ccc(F)c(F)c2)CC1. The highest BCUT2D eigenvalue weighted by molar-refractivity contribution is 7.89. The first kappa shape index (κ1) is 18.7. The fourth-order valence-corrected chi connectivity index (χ4v) is 4.63. The molecule has 1 fully saturated rings. The second kappa shape index (κ2) is 7.65. The van der Waals surface area contributed by atoms with Crippen molar-refractivity contribution in [3.05, 3.63) is 58.3 Å². The van der Waals surface area contributed by atoms with Gasteiger partial charge in [0.1, 0.15) is 0 Å². The standard InChI is InChI=1S/C17H16F2N2O3S2/c18-15-5-4-14(12-16(15)19)26(23,24)21-9-7-20(8-10-21)17(22)6-3-13-2-1-11-25-13/h1-6,11-12H,7-10H2. The third-order valence-electron chi connectivity index (χ3n) is 4.01. The van der Waals surface area contributed by atoms with Gasteiger partial charge in [0, 0.05) is 37.1 Å². The molecule has 5 nitrogen and oxygen atoms in total.